The Morgan fingerprint density at radius 3 is 2.62 bits per heavy atom. The van der Waals surface area contributed by atoms with E-state index in [1.165, 1.54) is 6.92 Å². The minimum atomic E-state index is -0.995. The van der Waals surface area contributed by atoms with Crippen LogP contribution in [0.1, 0.15) is 6.92 Å². The molecule has 0 aliphatic rings. The maximum atomic E-state index is 9.91. The number of carboxylic acids is 1. The minimum Gasteiger partial charge on any atom is -0.479 e. The lowest BCUT2D eigenvalue weighted by Crippen LogP contribution is -2.18. The van der Waals surface area contributed by atoms with E-state index in [2.05, 4.69) is 4.74 Å². The third kappa shape index (κ3) is 2.82. The Morgan fingerprint density at radius 2 is 2.50 bits per heavy atom. The maximum absolute atomic E-state index is 9.91. The molecule has 0 radical (unpaired) electrons. The van der Waals surface area contributed by atoms with Crippen molar-refractivity contribution in [1.29, 1.82) is 0 Å². The molecular weight excluding hydrogens is 131 g/mol. The molecule has 48 valence electrons. The van der Waals surface area contributed by atoms with Gasteiger partial charge in [0.2, 0.25) is 0 Å². The van der Waals surface area contributed by atoms with Crippen LogP contribution in [0.5, 0.6) is 0 Å². The molecule has 0 aliphatic heterocycles. The average molecular weight is 139 g/mol. The van der Waals surface area contributed by atoms with Gasteiger partial charge in [0.25, 0.3) is 0 Å². The summed E-state index contributed by atoms with van der Waals surface area (Å²) in [4.78, 5) is 9.91. The highest BCUT2D eigenvalue weighted by atomic mass is 35.5. The zero-order valence-electron chi connectivity index (χ0n) is 4.43. The molecule has 1 atom stereocenters. The molecular formula is C4H7ClO3. The van der Waals surface area contributed by atoms with E-state index in [0.29, 0.717) is 0 Å². The SMILES string of the molecule is CC(OCCl)C(=O)O. The Hall–Kier alpha value is -0.280. The molecule has 0 heterocycles. The van der Waals surface area contributed by atoms with Crippen LogP contribution in [0.4, 0.5) is 0 Å². The second-order valence-electron chi connectivity index (χ2n) is 1.26. The monoisotopic (exact) mass is 138 g/mol. The van der Waals surface area contributed by atoms with Crippen LogP contribution in [-0.4, -0.2) is 23.2 Å². The van der Waals surface area contributed by atoms with Crippen LogP contribution in [0.25, 0.3) is 0 Å². The van der Waals surface area contributed by atoms with Gasteiger partial charge in [-0.25, -0.2) is 4.79 Å². The van der Waals surface area contributed by atoms with Crippen LogP contribution in [0.15, 0.2) is 0 Å². The fraction of sp³-hybridized carbons (Fsp3) is 0.750. The third-order valence-electron chi connectivity index (χ3n) is 0.661. The number of ether oxygens (including phenoxy) is 1. The first-order valence-corrected chi connectivity index (χ1v) is 2.62. The Bertz CT molecular complexity index is 83.4. The van der Waals surface area contributed by atoms with Crippen molar-refractivity contribution in [2.24, 2.45) is 0 Å². The molecule has 1 unspecified atom stereocenters. The predicted octanol–water partition coefficient (Wildman–Crippen LogP) is 0.672. The van der Waals surface area contributed by atoms with Gasteiger partial charge < -0.3 is 9.84 Å². The highest BCUT2D eigenvalue weighted by molar-refractivity contribution is 6.17. The van der Waals surface area contributed by atoms with E-state index < -0.39 is 12.1 Å². The number of hydrogen-bond donors (Lipinski definition) is 1. The summed E-state index contributed by atoms with van der Waals surface area (Å²) in [5.74, 6) is -0.995. The Labute approximate surface area is 52.2 Å². The van der Waals surface area contributed by atoms with Crippen LogP contribution in [0.3, 0.4) is 0 Å². The highest BCUT2D eigenvalue weighted by Crippen LogP contribution is 1.90. The maximum Gasteiger partial charge on any atom is 0.332 e. The van der Waals surface area contributed by atoms with Crippen LogP contribution >= 0.6 is 11.6 Å². The number of alkyl halides is 1. The highest BCUT2D eigenvalue weighted by Gasteiger charge is 2.08. The number of hydrogen-bond acceptors (Lipinski definition) is 2. The first-order chi connectivity index (χ1) is 3.68. The average Bonchev–Trinajstić information content (AvgIpc) is 1.67. The first-order valence-electron chi connectivity index (χ1n) is 2.09. The largest absolute Gasteiger partial charge is 0.479 e. The van der Waals surface area contributed by atoms with E-state index in [-0.39, 0.29) is 6.07 Å². The van der Waals surface area contributed by atoms with Crippen molar-refractivity contribution in [1.82, 2.24) is 0 Å². The van der Waals surface area contributed by atoms with Gasteiger partial charge in [-0.2, -0.15) is 0 Å². The molecule has 0 saturated heterocycles. The molecule has 8 heavy (non-hydrogen) atoms. The molecule has 0 aliphatic carbocycles. The minimum absolute atomic E-state index is 0.0759. The van der Waals surface area contributed by atoms with E-state index in [4.69, 9.17) is 16.7 Å². The lowest BCUT2D eigenvalue weighted by molar-refractivity contribution is -0.147. The van der Waals surface area contributed by atoms with Crippen molar-refractivity contribution < 1.29 is 14.6 Å². The molecule has 0 aromatic carbocycles. The van der Waals surface area contributed by atoms with Gasteiger partial charge >= 0.3 is 5.97 Å². The van der Waals surface area contributed by atoms with Gasteiger partial charge in [0, 0.05) is 0 Å². The van der Waals surface area contributed by atoms with Crippen molar-refractivity contribution in [2.45, 2.75) is 13.0 Å². The van der Waals surface area contributed by atoms with E-state index >= 15 is 0 Å². The van der Waals surface area contributed by atoms with Crippen LogP contribution in [0, 0.1) is 0 Å². The van der Waals surface area contributed by atoms with Crippen molar-refractivity contribution in [3.8, 4) is 0 Å². The fourth-order valence-electron chi connectivity index (χ4n) is 0.166. The molecule has 1 N–H and O–H groups in total. The van der Waals surface area contributed by atoms with Gasteiger partial charge in [-0.1, -0.05) is 11.6 Å². The molecule has 4 heteroatoms. The van der Waals surface area contributed by atoms with Gasteiger partial charge in [-0.3, -0.25) is 0 Å². The van der Waals surface area contributed by atoms with E-state index in [0.717, 1.165) is 0 Å². The quantitative estimate of drug-likeness (QED) is 0.584. The molecule has 0 aromatic heterocycles. The number of carbonyl (C=O) groups is 1. The van der Waals surface area contributed by atoms with Crippen molar-refractivity contribution >= 4 is 17.6 Å². The summed E-state index contributed by atoms with van der Waals surface area (Å²) in [5.41, 5.74) is 0. The summed E-state index contributed by atoms with van der Waals surface area (Å²) in [6.45, 7) is 1.42. The number of carboxylic acid groups (broad SMARTS) is 1. The van der Waals surface area contributed by atoms with Crippen molar-refractivity contribution in [2.75, 3.05) is 6.07 Å². The van der Waals surface area contributed by atoms with E-state index in [1.54, 1.807) is 0 Å². The van der Waals surface area contributed by atoms with Crippen molar-refractivity contribution in [3.63, 3.8) is 0 Å². The molecule has 0 bridgehead atoms. The standard InChI is InChI=1S/C4H7ClO3/c1-3(4(6)7)8-2-5/h3H,2H2,1H3,(H,6,7). The Kier molecular flexibility index (Phi) is 3.56. The van der Waals surface area contributed by atoms with Crippen LogP contribution < -0.4 is 0 Å². The Balaban J connectivity index is 3.32. The smallest absolute Gasteiger partial charge is 0.332 e. The van der Waals surface area contributed by atoms with Gasteiger partial charge in [-0.05, 0) is 6.92 Å². The summed E-state index contributed by atoms with van der Waals surface area (Å²) < 4.78 is 4.47. The second kappa shape index (κ2) is 3.69. The number of halogens is 1. The van der Waals surface area contributed by atoms with Crippen molar-refractivity contribution in [3.05, 3.63) is 0 Å². The molecule has 0 fully saturated rings. The van der Waals surface area contributed by atoms with E-state index in [9.17, 15) is 4.79 Å². The normalized spacial score (nSPS) is 13.2. The number of rotatable bonds is 3. The fourth-order valence-corrected chi connectivity index (χ4v) is 0.355. The summed E-state index contributed by atoms with van der Waals surface area (Å²) >= 11 is 5.05. The summed E-state index contributed by atoms with van der Waals surface area (Å²) in [5, 5.41) is 8.13. The van der Waals surface area contributed by atoms with Gasteiger partial charge in [0.05, 0.1) is 0 Å². The van der Waals surface area contributed by atoms with E-state index in [1.807, 2.05) is 0 Å². The zero-order valence-corrected chi connectivity index (χ0v) is 5.18. The van der Waals surface area contributed by atoms with Gasteiger partial charge in [0.1, 0.15) is 6.07 Å². The summed E-state index contributed by atoms with van der Waals surface area (Å²) in [7, 11) is 0. The lowest BCUT2D eigenvalue weighted by Gasteiger charge is -2.01. The molecule has 0 aromatic rings. The molecule has 0 spiro atoms. The molecule has 0 saturated carbocycles. The topological polar surface area (TPSA) is 46.5 Å². The number of aliphatic carboxylic acids is 1. The molecule has 0 amide bonds. The Morgan fingerprint density at radius 1 is 2.00 bits per heavy atom. The van der Waals surface area contributed by atoms with Crippen LogP contribution in [0.2, 0.25) is 0 Å². The molecule has 0 rings (SSSR count). The predicted molar refractivity (Wildman–Crippen MR) is 28.9 cm³/mol. The van der Waals surface area contributed by atoms with Gasteiger partial charge in [-0.15, -0.1) is 0 Å². The van der Waals surface area contributed by atoms with Gasteiger partial charge in [0.15, 0.2) is 6.10 Å². The summed E-state index contributed by atoms with van der Waals surface area (Å²) in [6, 6.07) is -0.0759. The lowest BCUT2D eigenvalue weighted by atomic mass is 10.4. The first kappa shape index (κ1) is 7.72. The summed E-state index contributed by atoms with van der Waals surface area (Å²) in [6.07, 6.45) is -0.799. The molecule has 3 nitrogen and oxygen atoms in total. The van der Waals surface area contributed by atoms with Crippen LogP contribution in [-0.2, 0) is 9.53 Å². The zero-order chi connectivity index (χ0) is 6.57. The second-order valence-corrected chi connectivity index (χ2v) is 1.47. The third-order valence-corrected chi connectivity index (χ3v) is 0.787.